The van der Waals surface area contributed by atoms with E-state index in [1.165, 1.54) is 11.3 Å². The standard InChI is InChI=1S/C8H10N4O2S/c1-4(6-3-15-8(10)12-6)11-7(14)5(9)2-13/h2-4,9H,1H3,(H2,10,12)(H,11,14). The van der Waals surface area contributed by atoms with E-state index in [1.807, 2.05) is 0 Å². The molecule has 15 heavy (non-hydrogen) atoms. The average molecular weight is 226 g/mol. The molecule has 80 valence electrons. The number of hydrogen-bond acceptors (Lipinski definition) is 6. The van der Waals surface area contributed by atoms with Gasteiger partial charge in [0.15, 0.2) is 17.1 Å². The monoisotopic (exact) mass is 226 g/mol. The van der Waals surface area contributed by atoms with Gasteiger partial charge < -0.3 is 11.1 Å². The number of anilines is 1. The Kier molecular flexibility index (Phi) is 3.51. The van der Waals surface area contributed by atoms with E-state index in [-0.39, 0.29) is 12.3 Å². The third-order valence-electron chi connectivity index (χ3n) is 1.69. The largest absolute Gasteiger partial charge is 0.375 e. The first kappa shape index (κ1) is 11.3. The van der Waals surface area contributed by atoms with Crippen LogP contribution in [0.3, 0.4) is 0 Å². The number of carbonyl (C=O) groups excluding carboxylic acids is 2. The van der Waals surface area contributed by atoms with Crippen LogP contribution in [0.15, 0.2) is 5.38 Å². The van der Waals surface area contributed by atoms with Crippen molar-refractivity contribution in [2.75, 3.05) is 5.73 Å². The first-order valence-electron chi connectivity index (χ1n) is 4.10. The molecule has 0 bridgehead atoms. The SMILES string of the molecule is CC(NC(=O)C(=N)C=O)c1csc(N)n1. The second-order valence-electron chi connectivity index (χ2n) is 2.84. The molecule has 0 fully saturated rings. The normalized spacial score (nSPS) is 11.8. The number of nitrogen functional groups attached to an aromatic ring is 1. The van der Waals surface area contributed by atoms with Crippen LogP contribution in [0, 0.1) is 5.41 Å². The Morgan fingerprint density at radius 3 is 2.93 bits per heavy atom. The molecule has 0 aliphatic heterocycles. The van der Waals surface area contributed by atoms with Crippen molar-refractivity contribution in [3.05, 3.63) is 11.1 Å². The minimum atomic E-state index is -0.718. The maximum atomic E-state index is 11.1. The third-order valence-corrected chi connectivity index (χ3v) is 2.39. The number of nitrogens with zero attached hydrogens (tertiary/aromatic N) is 1. The predicted molar refractivity (Wildman–Crippen MR) is 56.9 cm³/mol. The molecule has 0 aliphatic rings. The molecular weight excluding hydrogens is 216 g/mol. The lowest BCUT2D eigenvalue weighted by Gasteiger charge is -2.09. The van der Waals surface area contributed by atoms with E-state index in [0.29, 0.717) is 10.8 Å². The highest BCUT2D eigenvalue weighted by Gasteiger charge is 2.14. The van der Waals surface area contributed by atoms with Gasteiger partial charge in [-0.2, -0.15) is 0 Å². The molecule has 1 amide bonds. The molecule has 6 nitrogen and oxygen atoms in total. The van der Waals surface area contributed by atoms with Crippen LogP contribution in [0.2, 0.25) is 0 Å². The van der Waals surface area contributed by atoms with Gasteiger partial charge in [-0.3, -0.25) is 15.0 Å². The Morgan fingerprint density at radius 2 is 2.47 bits per heavy atom. The van der Waals surface area contributed by atoms with Crippen molar-refractivity contribution >= 4 is 34.4 Å². The lowest BCUT2D eigenvalue weighted by atomic mass is 10.2. The fourth-order valence-electron chi connectivity index (χ4n) is 0.901. The van der Waals surface area contributed by atoms with Crippen molar-refractivity contribution in [3.63, 3.8) is 0 Å². The van der Waals surface area contributed by atoms with E-state index in [2.05, 4.69) is 10.3 Å². The summed E-state index contributed by atoms with van der Waals surface area (Å²) in [6, 6.07) is -0.369. The third kappa shape index (κ3) is 2.84. The fourth-order valence-corrected chi connectivity index (χ4v) is 1.56. The Balaban J connectivity index is 2.63. The molecule has 4 N–H and O–H groups in total. The first-order valence-corrected chi connectivity index (χ1v) is 4.98. The molecule has 0 aromatic carbocycles. The number of thiazole rings is 1. The summed E-state index contributed by atoms with van der Waals surface area (Å²) in [6.07, 6.45) is 0.192. The molecule has 0 saturated carbocycles. The molecule has 1 heterocycles. The zero-order chi connectivity index (χ0) is 11.4. The lowest BCUT2D eigenvalue weighted by molar-refractivity contribution is -0.116. The van der Waals surface area contributed by atoms with Crippen molar-refractivity contribution < 1.29 is 9.59 Å². The van der Waals surface area contributed by atoms with Gasteiger partial charge in [-0.15, -0.1) is 11.3 Å². The van der Waals surface area contributed by atoms with Gasteiger partial charge in [0.2, 0.25) is 0 Å². The topological polar surface area (TPSA) is 109 Å². The Morgan fingerprint density at radius 1 is 1.80 bits per heavy atom. The second kappa shape index (κ2) is 4.65. The quantitative estimate of drug-likeness (QED) is 0.385. The minimum absolute atomic E-state index is 0.192. The summed E-state index contributed by atoms with van der Waals surface area (Å²) >= 11 is 1.27. The number of amides is 1. The summed E-state index contributed by atoms with van der Waals surface area (Å²) in [5.41, 5.74) is 5.44. The van der Waals surface area contributed by atoms with Crippen LogP contribution in [0.1, 0.15) is 18.7 Å². The van der Waals surface area contributed by atoms with E-state index in [1.54, 1.807) is 12.3 Å². The van der Waals surface area contributed by atoms with Crippen molar-refractivity contribution in [2.45, 2.75) is 13.0 Å². The second-order valence-corrected chi connectivity index (χ2v) is 3.73. The number of rotatable bonds is 4. The van der Waals surface area contributed by atoms with Crippen LogP contribution in [-0.2, 0) is 9.59 Å². The molecule has 1 aromatic rings. The number of nitrogens with one attached hydrogen (secondary N) is 2. The van der Waals surface area contributed by atoms with Crippen LogP contribution < -0.4 is 11.1 Å². The molecular formula is C8H10N4O2S. The van der Waals surface area contributed by atoms with Crippen molar-refractivity contribution in [2.24, 2.45) is 0 Å². The summed E-state index contributed by atoms with van der Waals surface area (Å²) in [5, 5.41) is 11.6. The van der Waals surface area contributed by atoms with Crippen LogP contribution >= 0.6 is 11.3 Å². The molecule has 1 aromatic heterocycles. The van der Waals surface area contributed by atoms with Gasteiger partial charge in [0, 0.05) is 5.38 Å². The van der Waals surface area contributed by atoms with Gasteiger partial charge in [-0.05, 0) is 6.92 Å². The van der Waals surface area contributed by atoms with E-state index in [0.717, 1.165) is 0 Å². The number of aldehydes is 1. The molecule has 0 aliphatic carbocycles. The molecule has 0 spiro atoms. The van der Waals surface area contributed by atoms with Gasteiger partial charge in [0.1, 0.15) is 0 Å². The summed E-state index contributed by atoms with van der Waals surface area (Å²) in [6.45, 7) is 1.70. The van der Waals surface area contributed by atoms with E-state index in [9.17, 15) is 9.59 Å². The van der Waals surface area contributed by atoms with E-state index in [4.69, 9.17) is 11.1 Å². The van der Waals surface area contributed by atoms with Gasteiger partial charge in [-0.25, -0.2) is 4.98 Å². The zero-order valence-electron chi connectivity index (χ0n) is 7.98. The Hall–Kier alpha value is -1.76. The highest BCUT2D eigenvalue weighted by molar-refractivity contribution is 7.13. The number of hydrogen-bond donors (Lipinski definition) is 3. The van der Waals surface area contributed by atoms with Gasteiger partial charge in [0.25, 0.3) is 5.91 Å². The van der Waals surface area contributed by atoms with Crippen LogP contribution in [0.5, 0.6) is 0 Å². The Labute approximate surface area is 90.0 Å². The summed E-state index contributed by atoms with van der Waals surface area (Å²) < 4.78 is 0. The minimum Gasteiger partial charge on any atom is -0.375 e. The van der Waals surface area contributed by atoms with Gasteiger partial charge in [0.05, 0.1) is 11.7 Å². The van der Waals surface area contributed by atoms with E-state index >= 15 is 0 Å². The van der Waals surface area contributed by atoms with Crippen molar-refractivity contribution in [1.82, 2.24) is 10.3 Å². The maximum Gasteiger partial charge on any atom is 0.273 e. The van der Waals surface area contributed by atoms with Crippen molar-refractivity contribution in [3.8, 4) is 0 Å². The summed E-state index contributed by atoms with van der Waals surface area (Å²) in [7, 11) is 0. The maximum absolute atomic E-state index is 11.1. The molecule has 0 saturated heterocycles. The van der Waals surface area contributed by atoms with Gasteiger partial charge >= 0.3 is 0 Å². The van der Waals surface area contributed by atoms with Crippen LogP contribution in [0.4, 0.5) is 5.13 Å². The van der Waals surface area contributed by atoms with Gasteiger partial charge in [-0.1, -0.05) is 0 Å². The molecule has 7 heteroatoms. The molecule has 1 atom stereocenters. The zero-order valence-corrected chi connectivity index (χ0v) is 8.80. The molecule has 0 radical (unpaired) electrons. The molecule has 1 unspecified atom stereocenters. The van der Waals surface area contributed by atoms with Crippen LogP contribution in [-0.4, -0.2) is 22.9 Å². The number of aromatic nitrogens is 1. The first-order chi connectivity index (χ1) is 7.04. The highest BCUT2D eigenvalue weighted by Crippen LogP contribution is 2.17. The van der Waals surface area contributed by atoms with E-state index < -0.39 is 11.6 Å². The predicted octanol–water partition coefficient (Wildman–Crippen LogP) is 0.121. The lowest BCUT2D eigenvalue weighted by Crippen LogP contribution is -2.33. The average Bonchev–Trinajstić information content (AvgIpc) is 2.63. The smallest absolute Gasteiger partial charge is 0.273 e. The van der Waals surface area contributed by atoms with Crippen molar-refractivity contribution in [1.29, 1.82) is 5.41 Å². The fraction of sp³-hybridized carbons (Fsp3) is 0.250. The summed E-state index contributed by atoms with van der Waals surface area (Å²) in [4.78, 5) is 25.3. The Bertz CT molecular complexity index is 401. The highest BCUT2D eigenvalue weighted by atomic mass is 32.1. The number of carbonyl (C=O) groups is 2. The van der Waals surface area contributed by atoms with Crippen LogP contribution in [0.25, 0.3) is 0 Å². The molecule has 1 rings (SSSR count). The summed E-state index contributed by atoms with van der Waals surface area (Å²) in [5.74, 6) is -0.718. The number of nitrogens with two attached hydrogens (primary N) is 1.